The molecule has 0 radical (unpaired) electrons. The highest BCUT2D eigenvalue weighted by Gasteiger charge is 2.39. The summed E-state index contributed by atoms with van der Waals surface area (Å²) in [6.07, 6.45) is 2.56. The highest BCUT2D eigenvalue weighted by molar-refractivity contribution is 5.39. The van der Waals surface area contributed by atoms with Crippen molar-refractivity contribution >= 4 is 0 Å². The zero-order valence-electron chi connectivity index (χ0n) is 10.1. The van der Waals surface area contributed by atoms with Crippen molar-refractivity contribution in [2.75, 3.05) is 0 Å². The van der Waals surface area contributed by atoms with Crippen LogP contribution >= 0.6 is 0 Å². The molecule has 1 aromatic carbocycles. The first-order valence-electron chi connectivity index (χ1n) is 5.66. The van der Waals surface area contributed by atoms with Crippen LogP contribution in [0.25, 0.3) is 0 Å². The molecule has 0 heterocycles. The quantitative estimate of drug-likeness (QED) is 0.784. The van der Waals surface area contributed by atoms with Crippen LogP contribution in [0, 0.1) is 6.92 Å². The second-order valence-electron chi connectivity index (χ2n) is 5.71. The Bertz CT molecular complexity index is 357. The van der Waals surface area contributed by atoms with E-state index in [9.17, 15) is 5.11 Å². The molecule has 0 spiro atoms. The Morgan fingerprint density at radius 3 is 2.27 bits per heavy atom. The second kappa shape index (κ2) is 3.08. The Labute approximate surface area is 92.1 Å². The van der Waals surface area contributed by atoms with E-state index in [1.54, 1.807) is 0 Å². The molecule has 0 saturated heterocycles. The van der Waals surface area contributed by atoms with Gasteiger partial charge >= 0.3 is 0 Å². The Hall–Kier alpha value is -0.820. The maximum atomic E-state index is 10.0. The van der Waals surface area contributed by atoms with E-state index in [1.165, 1.54) is 24.0 Å². The summed E-state index contributed by atoms with van der Waals surface area (Å²) in [6, 6.07) is 6.50. The molecule has 1 heteroatoms. The van der Waals surface area contributed by atoms with Crippen LogP contribution in [0.1, 0.15) is 50.3 Å². The molecule has 0 bridgehead atoms. The van der Waals surface area contributed by atoms with Gasteiger partial charge in [0, 0.05) is 0 Å². The van der Waals surface area contributed by atoms with Gasteiger partial charge in [-0.3, -0.25) is 0 Å². The molecule has 2 rings (SSSR count). The summed E-state index contributed by atoms with van der Waals surface area (Å²) in [5.74, 6) is 0. The van der Waals surface area contributed by atoms with E-state index in [0.717, 1.165) is 5.56 Å². The lowest BCUT2D eigenvalue weighted by Crippen LogP contribution is -2.17. The van der Waals surface area contributed by atoms with Gasteiger partial charge in [-0.2, -0.15) is 0 Å². The molecule has 0 atom stereocenters. The van der Waals surface area contributed by atoms with Gasteiger partial charge in [-0.05, 0) is 50.2 Å². The van der Waals surface area contributed by atoms with Crippen molar-refractivity contribution in [3.63, 3.8) is 0 Å². The normalized spacial score (nSPS) is 19.0. The van der Waals surface area contributed by atoms with Crippen molar-refractivity contribution in [1.29, 1.82) is 0 Å². The van der Waals surface area contributed by atoms with Crippen molar-refractivity contribution in [3.05, 3.63) is 34.9 Å². The van der Waals surface area contributed by atoms with Crippen LogP contribution in [0.4, 0.5) is 0 Å². The zero-order chi connectivity index (χ0) is 11.3. The Morgan fingerprint density at radius 2 is 1.80 bits per heavy atom. The van der Waals surface area contributed by atoms with Gasteiger partial charge in [0.1, 0.15) is 0 Å². The van der Waals surface area contributed by atoms with E-state index >= 15 is 0 Å². The molecule has 15 heavy (non-hydrogen) atoms. The van der Waals surface area contributed by atoms with Gasteiger partial charge in [0.05, 0.1) is 5.60 Å². The molecule has 0 amide bonds. The molecule has 1 nitrogen and oxygen atoms in total. The maximum absolute atomic E-state index is 10.0. The first kappa shape index (κ1) is 10.7. The van der Waals surface area contributed by atoms with Gasteiger partial charge in [-0.1, -0.05) is 30.7 Å². The zero-order valence-corrected chi connectivity index (χ0v) is 10.1. The van der Waals surface area contributed by atoms with Crippen LogP contribution in [0.2, 0.25) is 0 Å². The predicted molar refractivity (Wildman–Crippen MR) is 63.0 cm³/mol. The first-order valence-corrected chi connectivity index (χ1v) is 5.66. The van der Waals surface area contributed by atoms with Gasteiger partial charge in [-0.25, -0.2) is 0 Å². The Kier molecular flexibility index (Phi) is 2.20. The first-order chi connectivity index (χ1) is 6.81. The van der Waals surface area contributed by atoms with Crippen molar-refractivity contribution in [3.8, 4) is 0 Å². The summed E-state index contributed by atoms with van der Waals surface area (Å²) in [7, 11) is 0. The molecule has 0 aromatic heterocycles. The van der Waals surface area contributed by atoms with Gasteiger partial charge in [0.2, 0.25) is 0 Å². The van der Waals surface area contributed by atoms with Crippen molar-refractivity contribution in [1.82, 2.24) is 0 Å². The SMILES string of the molecule is Cc1cc(C(C)(C)O)cc(C2(C)CC2)c1. The number of hydrogen-bond acceptors (Lipinski definition) is 1. The number of benzene rings is 1. The van der Waals surface area contributed by atoms with Gasteiger partial charge < -0.3 is 5.11 Å². The van der Waals surface area contributed by atoms with E-state index in [1.807, 2.05) is 13.8 Å². The molecule has 1 saturated carbocycles. The smallest absolute Gasteiger partial charge is 0.0840 e. The lowest BCUT2D eigenvalue weighted by molar-refractivity contribution is 0.0784. The Balaban J connectivity index is 2.46. The van der Waals surface area contributed by atoms with E-state index in [0.29, 0.717) is 5.41 Å². The third-order valence-corrected chi connectivity index (χ3v) is 3.48. The van der Waals surface area contributed by atoms with Crippen molar-refractivity contribution < 1.29 is 5.11 Å². The summed E-state index contributed by atoms with van der Waals surface area (Å²) in [6.45, 7) is 8.10. The maximum Gasteiger partial charge on any atom is 0.0840 e. The highest BCUT2D eigenvalue weighted by Crippen LogP contribution is 2.48. The molecule has 1 aliphatic carbocycles. The fourth-order valence-corrected chi connectivity index (χ4v) is 1.96. The van der Waals surface area contributed by atoms with Crippen LogP contribution in [-0.4, -0.2) is 5.11 Å². The van der Waals surface area contributed by atoms with Crippen molar-refractivity contribution in [2.45, 2.75) is 51.6 Å². The van der Waals surface area contributed by atoms with E-state index in [-0.39, 0.29) is 0 Å². The molecule has 0 unspecified atom stereocenters. The fourth-order valence-electron chi connectivity index (χ4n) is 1.96. The summed E-state index contributed by atoms with van der Waals surface area (Å²) < 4.78 is 0. The Morgan fingerprint density at radius 1 is 1.20 bits per heavy atom. The molecular formula is C14H20O. The van der Waals surface area contributed by atoms with E-state index in [4.69, 9.17) is 0 Å². The number of aryl methyl sites for hydroxylation is 1. The standard InChI is InChI=1S/C14H20O/c1-10-7-11(13(2,3)15)9-12(8-10)14(4)5-6-14/h7-9,15H,5-6H2,1-4H3. The van der Waals surface area contributed by atoms with Gasteiger partial charge in [-0.15, -0.1) is 0 Å². The van der Waals surface area contributed by atoms with Crippen LogP contribution in [0.15, 0.2) is 18.2 Å². The van der Waals surface area contributed by atoms with Crippen LogP contribution in [0.5, 0.6) is 0 Å². The highest BCUT2D eigenvalue weighted by atomic mass is 16.3. The monoisotopic (exact) mass is 204 g/mol. The lowest BCUT2D eigenvalue weighted by Gasteiger charge is -2.21. The summed E-state index contributed by atoms with van der Waals surface area (Å²) in [5, 5.41) is 10.0. The minimum Gasteiger partial charge on any atom is -0.386 e. The van der Waals surface area contributed by atoms with Gasteiger partial charge in [0.15, 0.2) is 0 Å². The van der Waals surface area contributed by atoms with E-state index in [2.05, 4.69) is 32.0 Å². The van der Waals surface area contributed by atoms with Gasteiger partial charge in [0.25, 0.3) is 0 Å². The predicted octanol–water partition coefficient (Wildman–Crippen LogP) is 3.27. The van der Waals surface area contributed by atoms with Crippen LogP contribution in [0.3, 0.4) is 0 Å². The lowest BCUT2D eigenvalue weighted by atomic mass is 9.89. The molecule has 1 N–H and O–H groups in total. The summed E-state index contributed by atoms with van der Waals surface area (Å²) >= 11 is 0. The average molecular weight is 204 g/mol. The topological polar surface area (TPSA) is 20.2 Å². The second-order valence-corrected chi connectivity index (χ2v) is 5.71. The average Bonchev–Trinajstić information content (AvgIpc) is 2.82. The summed E-state index contributed by atoms with van der Waals surface area (Å²) in [4.78, 5) is 0. The third-order valence-electron chi connectivity index (χ3n) is 3.48. The minimum absolute atomic E-state index is 0.381. The van der Waals surface area contributed by atoms with Crippen LogP contribution in [-0.2, 0) is 11.0 Å². The largest absolute Gasteiger partial charge is 0.386 e. The molecule has 0 aliphatic heterocycles. The van der Waals surface area contributed by atoms with E-state index < -0.39 is 5.60 Å². The molecule has 1 fully saturated rings. The summed E-state index contributed by atoms with van der Waals surface area (Å²) in [5.41, 5.74) is 3.32. The molecule has 1 aliphatic rings. The minimum atomic E-state index is -0.730. The third kappa shape index (κ3) is 2.07. The number of rotatable bonds is 2. The molecule has 1 aromatic rings. The fraction of sp³-hybridized carbons (Fsp3) is 0.571. The molecular weight excluding hydrogens is 184 g/mol. The number of aliphatic hydroxyl groups is 1. The van der Waals surface area contributed by atoms with Crippen LogP contribution < -0.4 is 0 Å². The molecule has 82 valence electrons. The van der Waals surface area contributed by atoms with Crippen molar-refractivity contribution in [2.24, 2.45) is 0 Å². The number of hydrogen-bond donors (Lipinski definition) is 1.